The van der Waals surface area contributed by atoms with Gasteiger partial charge in [-0.05, 0) is 44.5 Å². The van der Waals surface area contributed by atoms with Gasteiger partial charge >= 0.3 is 0 Å². The minimum absolute atomic E-state index is 0.0671. The summed E-state index contributed by atoms with van der Waals surface area (Å²) in [7, 11) is 1.69. The monoisotopic (exact) mass is 325 g/mol. The van der Waals surface area contributed by atoms with Crippen molar-refractivity contribution in [1.82, 2.24) is 4.90 Å². The number of halogens is 1. The summed E-state index contributed by atoms with van der Waals surface area (Å²) >= 11 is 3.49. The molecular weight excluding hydrogens is 306 g/mol. The fraction of sp³-hybridized carbons (Fsp3) is 0.533. The zero-order valence-corrected chi connectivity index (χ0v) is 13.1. The van der Waals surface area contributed by atoms with Crippen molar-refractivity contribution in [3.63, 3.8) is 0 Å². The lowest BCUT2D eigenvalue weighted by Crippen LogP contribution is -2.43. The van der Waals surface area contributed by atoms with Gasteiger partial charge in [-0.2, -0.15) is 0 Å². The van der Waals surface area contributed by atoms with E-state index in [1.807, 2.05) is 12.1 Å². The molecule has 0 N–H and O–H groups in total. The molecule has 19 heavy (non-hydrogen) atoms. The van der Waals surface area contributed by atoms with Gasteiger partial charge in [0.05, 0.1) is 13.2 Å². The molecule has 0 aromatic heterocycles. The molecule has 1 unspecified atom stereocenters. The fourth-order valence-corrected chi connectivity index (χ4v) is 3.14. The summed E-state index contributed by atoms with van der Waals surface area (Å²) in [6, 6.07) is 6.08. The van der Waals surface area contributed by atoms with Gasteiger partial charge < -0.3 is 4.74 Å². The van der Waals surface area contributed by atoms with Gasteiger partial charge in [-0.15, -0.1) is 0 Å². The van der Waals surface area contributed by atoms with Crippen LogP contribution in [0.25, 0.3) is 0 Å². The van der Waals surface area contributed by atoms with Crippen LogP contribution < -0.4 is 4.74 Å². The highest BCUT2D eigenvalue weighted by Crippen LogP contribution is 2.27. The molecule has 1 aromatic carbocycles. The standard InChI is InChI=1S/C15H20BrNO2/c1-11(18)14-5-3-4-8-17(14)10-12-9-13(16)6-7-15(12)19-2/h6-7,9,14H,3-5,8,10H2,1-2H3. The molecule has 3 nitrogen and oxygen atoms in total. The van der Waals surface area contributed by atoms with Gasteiger partial charge in [0.1, 0.15) is 11.5 Å². The van der Waals surface area contributed by atoms with E-state index in [0.29, 0.717) is 0 Å². The number of ether oxygens (including phenoxy) is 1. The van der Waals surface area contributed by atoms with Gasteiger partial charge in [-0.1, -0.05) is 22.4 Å². The van der Waals surface area contributed by atoms with Crippen LogP contribution in [0.15, 0.2) is 22.7 Å². The SMILES string of the molecule is COc1ccc(Br)cc1CN1CCCCC1C(C)=O. The zero-order chi connectivity index (χ0) is 13.8. The van der Waals surface area contributed by atoms with Crippen LogP contribution in [0.5, 0.6) is 5.75 Å². The van der Waals surface area contributed by atoms with Gasteiger partial charge in [0.15, 0.2) is 0 Å². The molecule has 4 heteroatoms. The first kappa shape index (κ1) is 14.5. The molecule has 0 aliphatic carbocycles. The smallest absolute Gasteiger partial charge is 0.146 e. The maximum Gasteiger partial charge on any atom is 0.146 e. The third-order valence-corrected chi connectivity index (χ3v) is 4.19. The lowest BCUT2D eigenvalue weighted by atomic mass is 9.98. The predicted octanol–water partition coefficient (Wildman–Crippen LogP) is 3.40. The molecule has 1 saturated heterocycles. The van der Waals surface area contributed by atoms with E-state index in [0.717, 1.165) is 41.7 Å². The molecule has 0 bridgehead atoms. The summed E-state index contributed by atoms with van der Waals surface area (Å²) in [4.78, 5) is 14.0. The molecular formula is C15H20BrNO2. The third-order valence-electron chi connectivity index (χ3n) is 3.70. The Morgan fingerprint density at radius 2 is 2.26 bits per heavy atom. The van der Waals surface area contributed by atoms with Gasteiger partial charge in [-0.3, -0.25) is 9.69 Å². The first-order chi connectivity index (χ1) is 9.11. The topological polar surface area (TPSA) is 29.5 Å². The normalized spacial score (nSPS) is 20.3. The second-order valence-corrected chi connectivity index (χ2v) is 5.96. The van der Waals surface area contributed by atoms with E-state index in [1.165, 1.54) is 6.42 Å². The molecule has 2 rings (SSSR count). The number of likely N-dealkylation sites (tertiary alicyclic amines) is 1. The number of methoxy groups -OCH3 is 1. The van der Waals surface area contributed by atoms with Crippen LogP contribution in [0.4, 0.5) is 0 Å². The van der Waals surface area contributed by atoms with E-state index >= 15 is 0 Å². The minimum Gasteiger partial charge on any atom is -0.496 e. The summed E-state index contributed by atoms with van der Waals surface area (Å²) in [5, 5.41) is 0. The third kappa shape index (κ3) is 3.57. The maximum absolute atomic E-state index is 11.7. The summed E-state index contributed by atoms with van der Waals surface area (Å²) in [6.07, 6.45) is 3.29. The molecule has 0 spiro atoms. The number of Topliss-reactive ketones (excluding diaryl/α,β-unsaturated/α-hetero) is 1. The Bertz CT molecular complexity index is 461. The van der Waals surface area contributed by atoms with Crippen LogP contribution in [0, 0.1) is 0 Å². The Morgan fingerprint density at radius 3 is 2.95 bits per heavy atom. The number of ketones is 1. The van der Waals surface area contributed by atoms with Crippen molar-refractivity contribution in [3.8, 4) is 5.75 Å². The van der Waals surface area contributed by atoms with Crippen LogP contribution in [0.3, 0.4) is 0 Å². The Morgan fingerprint density at radius 1 is 1.47 bits per heavy atom. The highest BCUT2D eigenvalue weighted by molar-refractivity contribution is 9.10. The second kappa shape index (κ2) is 6.53. The van der Waals surface area contributed by atoms with Crippen molar-refractivity contribution in [2.45, 2.75) is 38.8 Å². The Balaban J connectivity index is 2.18. The largest absolute Gasteiger partial charge is 0.496 e. The lowest BCUT2D eigenvalue weighted by molar-refractivity contribution is -0.123. The highest BCUT2D eigenvalue weighted by Gasteiger charge is 2.26. The number of rotatable bonds is 4. The summed E-state index contributed by atoms with van der Waals surface area (Å²) in [5.74, 6) is 1.16. The van der Waals surface area contributed by atoms with E-state index < -0.39 is 0 Å². The highest BCUT2D eigenvalue weighted by atomic mass is 79.9. The number of benzene rings is 1. The number of nitrogens with zero attached hydrogens (tertiary/aromatic N) is 1. The van der Waals surface area contributed by atoms with E-state index in [4.69, 9.17) is 4.74 Å². The molecule has 104 valence electrons. The van der Waals surface area contributed by atoms with E-state index in [2.05, 4.69) is 26.9 Å². The van der Waals surface area contributed by atoms with Crippen LogP contribution in [0.2, 0.25) is 0 Å². The van der Waals surface area contributed by atoms with Crippen molar-refractivity contribution in [2.24, 2.45) is 0 Å². The number of hydrogen-bond acceptors (Lipinski definition) is 3. The van der Waals surface area contributed by atoms with Gasteiger partial charge in [0.2, 0.25) is 0 Å². The molecule has 1 fully saturated rings. The van der Waals surface area contributed by atoms with Gasteiger partial charge in [0.25, 0.3) is 0 Å². The minimum atomic E-state index is 0.0671. The van der Waals surface area contributed by atoms with Crippen molar-refractivity contribution in [1.29, 1.82) is 0 Å². The molecule has 1 atom stereocenters. The summed E-state index contributed by atoms with van der Waals surface area (Å²) in [5.41, 5.74) is 1.13. The lowest BCUT2D eigenvalue weighted by Gasteiger charge is -2.34. The first-order valence-electron chi connectivity index (χ1n) is 6.68. The second-order valence-electron chi connectivity index (χ2n) is 5.05. The molecule has 1 heterocycles. The average Bonchev–Trinajstić information content (AvgIpc) is 2.39. The number of hydrogen-bond donors (Lipinski definition) is 0. The van der Waals surface area contributed by atoms with Crippen molar-refractivity contribution < 1.29 is 9.53 Å². The summed E-state index contributed by atoms with van der Waals surface area (Å²) in [6.45, 7) is 3.45. The molecule has 1 aromatic rings. The Kier molecular flexibility index (Phi) is 4.99. The van der Waals surface area contributed by atoms with E-state index in [1.54, 1.807) is 14.0 Å². The number of piperidine rings is 1. The van der Waals surface area contributed by atoms with E-state index in [-0.39, 0.29) is 11.8 Å². The van der Waals surface area contributed by atoms with Crippen molar-refractivity contribution in [3.05, 3.63) is 28.2 Å². The van der Waals surface area contributed by atoms with Gasteiger partial charge in [-0.25, -0.2) is 0 Å². The quantitative estimate of drug-likeness (QED) is 0.849. The maximum atomic E-state index is 11.7. The summed E-state index contributed by atoms with van der Waals surface area (Å²) < 4.78 is 6.45. The van der Waals surface area contributed by atoms with Crippen LogP contribution >= 0.6 is 15.9 Å². The fourth-order valence-electron chi connectivity index (χ4n) is 2.73. The van der Waals surface area contributed by atoms with Crippen LogP contribution in [-0.4, -0.2) is 30.4 Å². The first-order valence-corrected chi connectivity index (χ1v) is 7.48. The Hall–Kier alpha value is -0.870. The predicted molar refractivity (Wildman–Crippen MR) is 79.4 cm³/mol. The van der Waals surface area contributed by atoms with Crippen LogP contribution in [-0.2, 0) is 11.3 Å². The van der Waals surface area contributed by atoms with E-state index in [9.17, 15) is 4.79 Å². The molecule has 1 aliphatic heterocycles. The zero-order valence-electron chi connectivity index (χ0n) is 11.5. The molecule has 1 aliphatic rings. The van der Waals surface area contributed by atoms with Gasteiger partial charge in [0, 0.05) is 16.6 Å². The average molecular weight is 326 g/mol. The molecule has 0 saturated carbocycles. The molecule has 0 amide bonds. The van der Waals surface area contributed by atoms with Crippen molar-refractivity contribution in [2.75, 3.05) is 13.7 Å². The number of carbonyl (C=O) groups excluding carboxylic acids is 1. The Labute approximate surface area is 123 Å². The number of carbonyl (C=O) groups is 1. The molecule has 0 radical (unpaired) electrons. The van der Waals surface area contributed by atoms with Crippen LogP contribution in [0.1, 0.15) is 31.7 Å². The van der Waals surface area contributed by atoms with Crippen molar-refractivity contribution >= 4 is 21.7 Å².